The van der Waals surface area contributed by atoms with Crippen LogP contribution in [-0.4, -0.2) is 71.9 Å². The Labute approximate surface area is 278 Å². The van der Waals surface area contributed by atoms with Crippen LogP contribution in [-0.2, 0) is 25.5 Å². The predicted molar refractivity (Wildman–Crippen MR) is 180 cm³/mol. The van der Waals surface area contributed by atoms with E-state index in [1.54, 1.807) is 29.3 Å². The van der Waals surface area contributed by atoms with Gasteiger partial charge in [-0.2, -0.15) is 0 Å². The van der Waals surface area contributed by atoms with Crippen LogP contribution in [0.5, 0.6) is 0 Å². The monoisotopic (exact) mass is 653 g/mol. The molecule has 1 aliphatic heterocycles. The molecule has 0 saturated carbocycles. The SMILES string of the molecule is CCCCCCCCCCCCCCCCCN(CC)C(=O)OC[C@H]1CO[C@H](COC(=O)N(Cc2ccccn2)C(C)=O)C1.Cl. The number of pyridine rings is 1. The Morgan fingerprint density at radius 3 is 1.93 bits per heavy atom. The van der Waals surface area contributed by atoms with Gasteiger partial charge in [0, 0.05) is 32.1 Å². The Morgan fingerprint density at radius 1 is 0.822 bits per heavy atom. The van der Waals surface area contributed by atoms with E-state index < -0.39 is 12.0 Å². The van der Waals surface area contributed by atoms with E-state index in [1.165, 1.54) is 90.4 Å². The van der Waals surface area contributed by atoms with Crippen LogP contribution in [0.25, 0.3) is 0 Å². The molecule has 10 heteroatoms. The Kier molecular flexibility index (Phi) is 23.3. The first-order valence-electron chi connectivity index (χ1n) is 17.3. The minimum Gasteiger partial charge on any atom is -0.449 e. The zero-order chi connectivity index (χ0) is 31.8. The number of hydrogen-bond donors (Lipinski definition) is 0. The van der Waals surface area contributed by atoms with Gasteiger partial charge in [-0.1, -0.05) is 103 Å². The fraction of sp³-hybridized carbons (Fsp3) is 0.771. The molecule has 2 rings (SSSR count). The van der Waals surface area contributed by atoms with E-state index in [-0.39, 0.29) is 50.3 Å². The molecule has 0 unspecified atom stereocenters. The van der Waals surface area contributed by atoms with Crippen LogP contribution in [0, 0.1) is 5.92 Å². The van der Waals surface area contributed by atoms with E-state index in [1.807, 2.05) is 6.92 Å². The smallest absolute Gasteiger partial charge is 0.416 e. The van der Waals surface area contributed by atoms with Crippen molar-refractivity contribution in [2.24, 2.45) is 5.92 Å². The van der Waals surface area contributed by atoms with Gasteiger partial charge in [-0.3, -0.25) is 9.78 Å². The second-order valence-corrected chi connectivity index (χ2v) is 12.2. The van der Waals surface area contributed by atoms with Gasteiger partial charge < -0.3 is 19.1 Å². The molecule has 258 valence electrons. The van der Waals surface area contributed by atoms with Gasteiger partial charge in [-0.05, 0) is 31.9 Å². The zero-order valence-electron chi connectivity index (χ0n) is 28.2. The molecular formula is C35H60ClN3O6. The Bertz CT molecular complexity index is 922. The average Bonchev–Trinajstić information content (AvgIpc) is 3.49. The van der Waals surface area contributed by atoms with E-state index in [9.17, 15) is 14.4 Å². The molecular weight excluding hydrogens is 594 g/mol. The highest BCUT2D eigenvalue weighted by Gasteiger charge is 2.29. The Balaban J connectivity index is 0.0000101. The summed E-state index contributed by atoms with van der Waals surface area (Å²) in [6, 6.07) is 5.31. The number of unbranched alkanes of at least 4 members (excludes halogenated alkanes) is 14. The summed E-state index contributed by atoms with van der Waals surface area (Å²) in [6.45, 7) is 7.71. The van der Waals surface area contributed by atoms with Gasteiger partial charge in [0.2, 0.25) is 5.91 Å². The average molecular weight is 654 g/mol. The van der Waals surface area contributed by atoms with Crippen molar-refractivity contribution in [3.8, 4) is 0 Å². The normalized spacial score (nSPS) is 15.7. The van der Waals surface area contributed by atoms with Gasteiger partial charge in [0.25, 0.3) is 0 Å². The molecule has 0 spiro atoms. The van der Waals surface area contributed by atoms with E-state index in [4.69, 9.17) is 14.2 Å². The molecule has 1 saturated heterocycles. The van der Waals surface area contributed by atoms with E-state index in [0.29, 0.717) is 25.3 Å². The van der Waals surface area contributed by atoms with Crippen LogP contribution in [0.15, 0.2) is 24.4 Å². The lowest BCUT2D eigenvalue weighted by Gasteiger charge is -2.21. The van der Waals surface area contributed by atoms with E-state index >= 15 is 0 Å². The summed E-state index contributed by atoms with van der Waals surface area (Å²) in [7, 11) is 0. The third kappa shape index (κ3) is 18.4. The van der Waals surface area contributed by atoms with Gasteiger partial charge in [0.05, 0.1) is 31.6 Å². The lowest BCUT2D eigenvalue weighted by Crippen LogP contribution is -2.36. The van der Waals surface area contributed by atoms with Crippen molar-refractivity contribution in [3.05, 3.63) is 30.1 Å². The van der Waals surface area contributed by atoms with Gasteiger partial charge in [0.1, 0.15) is 6.61 Å². The Hall–Kier alpha value is -2.39. The number of halogens is 1. The summed E-state index contributed by atoms with van der Waals surface area (Å²) in [5.74, 6) is -0.368. The van der Waals surface area contributed by atoms with Crippen molar-refractivity contribution in [2.45, 2.75) is 136 Å². The number of ether oxygens (including phenoxy) is 3. The van der Waals surface area contributed by atoms with Crippen LogP contribution in [0.1, 0.15) is 129 Å². The number of carbonyl (C=O) groups is 3. The molecule has 1 aromatic rings. The molecule has 2 heterocycles. The molecule has 0 aromatic carbocycles. The van der Waals surface area contributed by atoms with Gasteiger partial charge in [0.15, 0.2) is 0 Å². The van der Waals surface area contributed by atoms with Crippen molar-refractivity contribution >= 4 is 30.5 Å². The van der Waals surface area contributed by atoms with Crippen LogP contribution in [0.3, 0.4) is 0 Å². The minimum absolute atomic E-state index is 0. The molecule has 0 aliphatic carbocycles. The van der Waals surface area contributed by atoms with Gasteiger partial charge >= 0.3 is 12.2 Å². The maximum Gasteiger partial charge on any atom is 0.416 e. The van der Waals surface area contributed by atoms with Crippen LogP contribution >= 0.6 is 12.4 Å². The number of carbonyl (C=O) groups excluding carboxylic acids is 3. The summed E-state index contributed by atoms with van der Waals surface area (Å²) in [4.78, 5) is 44.1. The highest BCUT2D eigenvalue weighted by atomic mass is 35.5. The summed E-state index contributed by atoms with van der Waals surface area (Å²) in [6.07, 6.45) is 20.7. The summed E-state index contributed by atoms with van der Waals surface area (Å²) < 4.78 is 16.7. The number of aromatic nitrogens is 1. The first kappa shape index (κ1) is 40.6. The molecule has 0 bridgehead atoms. The lowest BCUT2D eigenvalue weighted by atomic mass is 10.0. The number of hydrogen-bond acceptors (Lipinski definition) is 7. The molecule has 3 amide bonds. The fourth-order valence-corrected chi connectivity index (χ4v) is 5.55. The zero-order valence-corrected chi connectivity index (χ0v) is 29.0. The van der Waals surface area contributed by atoms with E-state index in [0.717, 1.165) is 24.3 Å². The quantitative estimate of drug-likeness (QED) is 0.109. The minimum atomic E-state index is -0.723. The maximum absolute atomic E-state index is 12.6. The first-order chi connectivity index (χ1) is 21.4. The molecule has 0 radical (unpaired) electrons. The summed E-state index contributed by atoms with van der Waals surface area (Å²) in [5, 5.41) is 0. The first-order valence-corrected chi connectivity index (χ1v) is 17.3. The molecule has 45 heavy (non-hydrogen) atoms. The largest absolute Gasteiger partial charge is 0.449 e. The lowest BCUT2D eigenvalue weighted by molar-refractivity contribution is -0.128. The van der Waals surface area contributed by atoms with Crippen molar-refractivity contribution in [2.75, 3.05) is 32.9 Å². The highest BCUT2D eigenvalue weighted by Crippen LogP contribution is 2.21. The molecule has 1 aliphatic rings. The second kappa shape index (κ2) is 25.8. The van der Waals surface area contributed by atoms with Crippen LogP contribution in [0.2, 0.25) is 0 Å². The number of nitrogens with zero attached hydrogens (tertiary/aromatic N) is 3. The number of amides is 3. The standard InChI is InChI=1S/C35H59N3O6.ClH/c1-4-6-7-8-9-10-11-12-13-14-15-16-17-18-21-24-37(5-2)34(40)43-28-31-25-33(42-27-31)29-44-35(41)38(30(3)39)26-32-22-19-20-23-36-32;/h19-20,22-23,31,33H,4-18,21,24-29H2,1-3H3;1H/t31-,33+;/m1./s1. The van der Waals surface area contributed by atoms with Crippen molar-refractivity contribution in [1.82, 2.24) is 14.8 Å². The van der Waals surface area contributed by atoms with Crippen molar-refractivity contribution < 1.29 is 28.6 Å². The summed E-state index contributed by atoms with van der Waals surface area (Å²) >= 11 is 0. The number of rotatable bonds is 23. The fourth-order valence-electron chi connectivity index (χ4n) is 5.55. The van der Waals surface area contributed by atoms with Gasteiger partial charge in [-0.15, -0.1) is 12.4 Å². The van der Waals surface area contributed by atoms with Crippen LogP contribution < -0.4 is 0 Å². The third-order valence-electron chi connectivity index (χ3n) is 8.32. The predicted octanol–water partition coefficient (Wildman–Crippen LogP) is 8.72. The molecule has 1 aromatic heterocycles. The molecule has 0 N–H and O–H groups in total. The molecule has 1 fully saturated rings. The molecule has 2 atom stereocenters. The maximum atomic E-state index is 12.6. The highest BCUT2D eigenvalue weighted by molar-refractivity contribution is 5.90. The Morgan fingerprint density at radius 2 is 1.40 bits per heavy atom. The van der Waals surface area contributed by atoms with Crippen molar-refractivity contribution in [1.29, 1.82) is 0 Å². The third-order valence-corrected chi connectivity index (χ3v) is 8.32. The topological polar surface area (TPSA) is 98.3 Å². The van der Waals surface area contributed by atoms with Crippen molar-refractivity contribution in [3.63, 3.8) is 0 Å². The van der Waals surface area contributed by atoms with E-state index in [2.05, 4.69) is 11.9 Å². The molecule has 9 nitrogen and oxygen atoms in total. The second-order valence-electron chi connectivity index (χ2n) is 12.2. The number of imide groups is 1. The summed E-state index contributed by atoms with van der Waals surface area (Å²) in [5.41, 5.74) is 0.597. The van der Waals surface area contributed by atoms with Gasteiger partial charge in [-0.25, -0.2) is 14.5 Å². The van der Waals surface area contributed by atoms with Crippen LogP contribution in [0.4, 0.5) is 9.59 Å².